The number of allylic oxidation sites excluding steroid dienone is 2. The number of hydrogen-bond acceptors (Lipinski definition) is 2. The first-order valence-electron chi connectivity index (χ1n) is 2.85. The van der Waals surface area contributed by atoms with Crippen LogP contribution in [-0.2, 0) is 0 Å². The van der Waals surface area contributed by atoms with Gasteiger partial charge in [-0.2, -0.15) is 0 Å². The van der Waals surface area contributed by atoms with Crippen LogP contribution >= 0.6 is 63.7 Å². The van der Waals surface area contributed by atoms with Crippen LogP contribution in [0.2, 0.25) is 0 Å². The predicted octanol–water partition coefficient (Wildman–Crippen LogP) is 2.97. The minimum Gasteiger partial charge on any atom is -0.391 e. The molecule has 12 heavy (non-hydrogen) atoms. The fraction of sp³-hybridized carbons (Fsp3) is 0.333. The van der Waals surface area contributed by atoms with E-state index in [1.807, 2.05) is 0 Å². The van der Waals surface area contributed by atoms with Crippen LogP contribution in [0, 0.1) is 0 Å². The van der Waals surface area contributed by atoms with Crippen molar-refractivity contribution in [3.8, 4) is 0 Å². The third kappa shape index (κ3) is 4.02. The molecule has 0 rings (SSSR count). The second-order valence-corrected chi connectivity index (χ2v) is 5.25. The summed E-state index contributed by atoms with van der Waals surface area (Å²) in [5.41, 5.74) is 0. The summed E-state index contributed by atoms with van der Waals surface area (Å²) in [4.78, 5) is 0. The minimum absolute atomic E-state index is 0.0958. The van der Waals surface area contributed by atoms with Gasteiger partial charge >= 0.3 is 0 Å². The quantitative estimate of drug-likeness (QED) is 0.677. The highest BCUT2D eigenvalue weighted by Gasteiger charge is 2.07. The third-order valence-corrected chi connectivity index (χ3v) is 5.59. The summed E-state index contributed by atoms with van der Waals surface area (Å²) in [7, 11) is 0. The Morgan fingerprint density at radius 2 is 1.00 bits per heavy atom. The molecule has 0 saturated carbocycles. The molecule has 0 aromatic rings. The molecule has 6 heteroatoms. The van der Waals surface area contributed by atoms with Crippen molar-refractivity contribution in [2.24, 2.45) is 0 Å². The first kappa shape index (κ1) is 13.3. The highest BCUT2D eigenvalue weighted by molar-refractivity contribution is 9.17. The topological polar surface area (TPSA) is 40.5 Å². The Labute approximate surface area is 104 Å². The lowest BCUT2D eigenvalue weighted by molar-refractivity contribution is 0.338. The summed E-state index contributed by atoms with van der Waals surface area (Å²) >= 11 is 12.8. The second-order valence-electron chi connectivity index (χ2n) is 1.75. The minimum atomic E-state index is -0.0958. The summed E-state index contributed by atoms with van der Waals surface area (Å²) in [6, 6.07) is 0. The smallest absolute Gasteiger partial charge is 0.0758 e. The van der Waals surface area contributed by atoms with E-state index < -0.39 is 0 Å². The molecule has 0 aliphatic heterocycles. The zero-order valence-corrected chi connectivity index (χ0v) is 12.2. The molecular weight excluding hydrogens is 424 g/mol. The van der Waals surface area contributed by atoms with E-state index in [0.29, 0.717) is 17.9 Å². The Morgan fingerprint density at radius 3 is 1.17 bits per heavy atom. The Hall–Kier alpha value is 1.32. The van der Waals surface area contributed by atoms with E-state index in [0.717, 1.165) is 0 Å². The first-order valence-corrected chi connectivity index (χ1v) is 6.02. The van der Waals surface area contributed by atoms with E-state index in [4.69, 9.17) is 10.2 Å². The maximum Gasteiger partial charge on any atom is 0.0758 e. The van der Waals surface area contributed by atoms with Gasteiger partial charge in [0.25, 0.3) is 0 Å². The van der Waals surface area contributed by atoms with Crippen molar-refractivity contribution in [3.63, 3.8) is 0 Å². The number of rotatable bonds is 3. The van der Waals surface area contributed by atoms with Gasteiger partial charge in [0.05, 0.1) is 13.2 Å². The normalized spacial score (nSPS) is 15.5. The van der Waals surface area contributed by atoms with Crippen LogP contribution in [0.1, 0.15) is 0 Å². The third-order valence-electron chi connectivity index (χ3n) is 0.947. The van der Waals surface area contributed by atoms with Crippen LogP contribution in [0.4, 0.5) is 0 Å². The van der Waals surface area contributed by atoms with E-state index in [1.165, 1.54) is 0 Å². The number of halogens is 4. The van der Waals surface area contributed by atoms with Crippen molar-refractivity contribution in [3.05, 3.63) is 17.9 Å². The molecule has 0 saturated heterocycles. The summed E-state index contributed by atoms with van der Waals surface area (Å²) in [5, 5.41) is 17.5. The molecule has 0 unspecified atom stereocenters. The molecule has 0 aliphatic rings. The fourth-order valence-electron chi connectivity index (χ4n) is 0.377. The van der Waals surface area contributed by atoms with Crippen LogP contribution in [-0.4, -0.2) is 23.4 Å². The van der Waals surface area contributed by atoms with Crippen molar-refractivity contribution in [1.82, 2.24) is 0 Å². The van der Waals surface area contributed by atoms with Gasteiger partial charge < -0.3 is 10.2 Å². The van der Waals surface area contributed by atoms with Gasteiger partial charge in [0, 0.05) is 17.9 Å². The largest absolute Gasteiger partial charge is 0.391 e. The molecule has 2 N–H and O–H groups in total. The van der Waals surface area contributed by atoms with Crippen molar-refractivity contribution >= 4 is 63.7 Å². The first-order chi connectivity index (χ1) is 5.54. The van der Waals surface area contributed by atoms with Gasteiger partial charge in [-0.1, -0.05) is 31.9 Å². The van der Waals surface area contributed by atoms with E-state index in [1.54, 1.807) is 0 Å². The molecule has 0 aliphatic carbocycles. The van der Waals surface area contributed by atoms with Crippen molar-refractivity contribution in [1.29, 1.82) is 0 Å². The number of aliphatic hydroxyl groups is 2. The molecule has 0 atom stereocenters. The molecule has 0 spiro atoms. The molecule has 2 nitrogen and oxygen atoms in total. The zero-order chi connectivity index (χ0) is 9.72. The van der Waals surface area contributed by atoms with E-state index in [9.17, 15) is 0 Å². The molecule has 0 heterocycles. The SMILES string of the molecule is OC/C(Br)=C(Br)/C(Br)=C(\Br)CO. The molecule has 70 valence electrons. The van der Waals surface area contributed by atoms with Crippen LogP contribution in [0.3, 0.4) is 0 Å². The van der Waals surface area contributed by atoms with Crippen LogP contribution in [0.5, 0.6) is 0 Å². The Bertz CT molecular complexity index is 198. The van der Waals surface area contributed by atoms with Crippen LogP contribution in [0.25, 0.3) is 0 Å². The second kappa shape index (κ2) is 6.73. The Balaban J connectivity index is 4.82. The summed E-state index contributed by atoms with van der Waals surface area (Å²) in [5.74, 6) is 0. The van der Waals surface area contributed by atoms with E-state index in [2.05, 4.69) is 63.7 Å². The van der Waals surface area contributed by atoms with Gasteiger partial charge in [-0.05, 0) is 31.9 Å². The monoisotopic (exact) mass is 426 g/mol. The lowest BCUT2D eigenvalue weighted by atomic mass is 10.4. The van der Waals surface area contributed by atoms with Crippen molar-refractivity contribution in [2.75, 3.05) is 13.2 Å². The van der Waals surface area contributed by atoms with E-state index in [-0.39, 0.29) is 13.2 Å². The Kier molecular flexibility index (Phi) is 7.47. The van der Waals surface area contributed by atoms with Gasteiger partial charge in [-0.3, -0.25) is 0 Å². The van der Waals surface area contributed by atoms with Gasteiger partial charge in [0.15, 0.2) is 0 Å². The standard InChI is InChI=1S/C6H6Br4O2/c7-3(1-11)5(9)6(10)4(8)2-12/h11-12H,1-2H2/b5-3+,6-4+. The lowest BCUT2D eigenvalue weighted by Gasteiger charge is -2.02. The van der Waals surface area contributed by atoms with Gasteiger partial charge in [0.2, 0.25) is 0 Å². The van der Waals surface area contributed by atoms with Gasteiger partial charge in [-0.15, -0.1) is 0 Å². The maximum atomic E-state index is 8.75. The van der Waals surface area contributed by atoms with Crippen molar-refractivity contribution < 1.29 is 10.2 Å². The average molecular weight is 430 g/mol. The van der Waals surface area contributed by atoms with E-state index >= 15 is 0 Å². The summed E-state index contributed by atoms with van der Waals surface area (Å²) in [6.07, 6.45) is 0. The maximum absolute atomic E-state index is 8.75. The van der Waals surface area contributed by atoms with Crippen LogP contribution in [0.15, 0.2) is 17.9 Å². The highest BCUT2D eigenvalue weighted by atomic mass is 79.9. The highest BCUT2D eigenvalue weighted by Crippen LogP contribution is 2.33. The van der Waals surface area contributed by atoms with Crippen molar-refractivity contribution in [2.45, 2.75) is 0 Å². The molecular formula is C6H6Br4O2. The Morgan fingerprint density at radius 1 is 0.750 bits per heavy atom. The number of aliphatic hydroxyl groups excluding tert-OH is 2. The molecule has 0 amide bonds. The van der Waals surface area contributed by atoms with Gasteiger partial charge in [0.1, 0.15) is 0 Å². The predicted molar refractivity (Wildman–Crippen MR) is 63.9 cm³/mol. The summed E-state index contributed by atoms with van der Waals surface area (Å²) < 4.78 is 2.57. The average Bonchev–Trinajstić information content (AvgIpc) is 2.12. The fourth-order valence-corrected chi connectivity index (χ4v) is 2.03. The summed E-state index contributed by atoms with van der Waals surface area (Å²) in [6.45, 7) is -0.192. The van der Waals surface area contributed by atoms with Crippen LogP contribution < -0.4 is 0 Å². The molecule has 0 aromatic heterocycles. The molecule has 0 bridgehead atoms. The lowest BCUT2D eigenvalue weighted by Crippen LogP contribution is -1.89. The zero-order valence-electron chi connectivity index (χ0n) is 5.82. The van der Waals surface area contributed by atoms with Gasteiger partial charge in [-0.25, -0.2) is 0 Å². The molecule has 0 fully saturated rings. The molecule has 0 aromatic carbocycles. The number of hydrogen-bond donors (Lipinski definition) is 2. The molecule has 0 radical (unpaired) electrons.